The van der Waals surface area contributed by atoms with Gasteiger partial charge in [0.05, 0.1) is 29.9 Å². The molecule has 5 nitrogen and oxygen atoms in total. The number of rotatable bonds is 6. The quantitative estimate of drug-likeness (QED) is 0.598. The summed E-state index contributed by atoms with van der Waals surface area (Å²) in [5, 5.41) is 0.799. The summed E-state index contributed by atoms with van der Waals surface area (Å²) in [5.41, 5.74) is 5.59. The van der Waals surface area contributed by atoms with Crippen LogP contribution in [0.1, 0.15) is 22.3 Å². The van der Waals surface area contributed by atoms with E-state index in [-0.39, 0.29) is 5.91 Å². The van der Waals surface area contributed by atoms with Gasteiger partial charge in [-0.05, 0) is 37.5 Å². The number of anilines is 1. The Balaban J connectivity index is 1.61. The van der Waals surface area contributed by atoms with Crippen molar-refractivity contribution >= 4 is 32.6 Å². The first-order chi connectivity index (χ1) is 14.5. The molecule has 0 saturated carbocycles. The van der Waals surface area contributed by atoms with Crippen molar-refractivity contribution in [2.45, 2.75) is 27.2 Å². The van der Waals surface area contributed by atoms with Crippen molar-refractivity contribution in [1.82, 2.24) is 9.88 Å². The number of ether oxygens (including phenoxy) is 1. The fourth-order valence-corrected chi connectivity index (χ4v) is 5.00. The molecule has 158 valence electrons. The number of fused-ring (bicyclic) bond motifs is 1. The Hall–Kier alpha value is -2.28. The summed E-state index contributed by atoms with van der Waals surface area (Å²) in [5.74, 6) is 0.100. The lowest BCUT2D eigenvalue weighted by molar-refractivity contribution is -0.118. The number of carbonyl (C=O) groups is 1. The van der Waals surface area contributed by atoms with Crippen molar-refractivity contribution in [2.24, 2.45) is 0 Å². The van der Waals surface area contributed by atoms with Gasteiger partial charge in [0.15, 0.2) is 5.13 Å². The lowest BCUT2D eigenvalue weighted by Gasteiger charge is -2.29. The van der Waals surface area contributed by atoms with Crippen molar-refractivity contribution in [3.8, 4) is 0 Å². The van der Waals surface area contributed by atoms with Gasteiger partial charge in [0, 0.05) is 26.2 Å². The molecule has 0 unspecified atom stereocenters. The van der Waals surface area contributed by atoms with Crippen LogP contribution in [0.25, 0.3) is 10.2 Å². The average molecular weight is 424 g/mol. The largest absolute Gasteiger partial charge is 0.379 e. The first-order valence-corrected chi connectivity index (χ1v) is 11.4. The molecule has 30 heavy (non-hydrogen) atoms. The van der Waals surface area contributed by atoms with Gasteiger partial charge in [-0.25, -0.2) is 4.98 Å². The van der Waals surface area contributed by atoms with Crippen LogP contribution in [0, 0.1) is 20.8 Å². The van der Waals surface area contributed by atoms with Crippen LogP contribution in [0.3, 0.4) is 0 Å². The van der Waals surface area contributed by atoms with Crippen LogP contribution in [0.2, 0.25) is 0 Å². The average Bonchev–Trinajstić information content (AvgIpc) is 3.18. The third-order valence-corrected chi connectivity index (χ3v) is 6.86. The first kappa shape index (κ1) is 21.0. The summed E-state index contributed by atoms with van der Waals surface area (Å²) in [7, 11) is 0. The van der Waals surface area contributed by atoms with Gasteiger partial charge in [0.1, 0.15) is 0 Å². The lowest BCUT2D eigenvalue weighted by Crippen LogP contribution is -2.43. The maximum atomic E-state index is 13.4. The number of aryl methyl sites for hydroxylation is 3. The van der Waals surface area contributed by atoms with Crippen LogP contribution >= 0.6 is 11.3 Å². The van der Waals surface area contributed by atoms with E-state index < -0.39 is 0 Å². The van der Waals surface area contributed by atoms with E-state index in [9.17, 15) is 4.79 Å². The third-order valence-electron chi connectivity index (χ3n) is 5.64. The highest BCUT2D eigenvalue weighted by atomic mass is 32.1. The number of aromatic nitrogens is 1. The van der Waals surface area contributed by atoms with E-state index >= 15 is 0 Å². The molecule has 1 fully saturated rings. The first-order valence-electron chi connectivity index (χ1n) is 10.5. The maximum Gasteiger partial charge on any atom is 0.233 e. The van der Waals surface area contributed by atoms with Crippen molar-refractivity contribution in [3.05, 3.63) is 58.7 Å². The molecule has 0 bridgehead atoms. The molecule has 1 aliphatic rings. The molecule has 6 heteroatoms. The SMILES string of the molecule is Cc1cccc(CC(=O)N(CCN2CCOCC2)c2nc3c(C)ccc(C)c3s2)c1. The molecule has 1 saturated heterocycles. The standard InChI is InChI=1S/C24H29N3O2S/c1-17-5-4-6-20(15-17)16-21(28)27(10-9-26-11-13-29-14-12-26)24-25-22-18(2)7-8-19(3)23(22)30-24/h4-8,15H,9-14,16H2,1-3H3. The lowest BCUT2D eigenvalue weighted by atomic mass is 10.1. The second kappa shape index (κ2) is 9.25. The van der Waals surface area contributed by atoms with E-state index in [2.05, 4.69) is 49.9 Å². The zero-order valence-electron chi connectivity index (χ0n) is 18.0. The Kier molecular flexibility index (Phi) is 6.46. The molecule has 0 atom stereocenters. The van der Waals surface area contributed by atoms with Crippen molar-refractivity contribution in [2.75, 3.05) is 44.3 Å². The molecule has 4 rings (SSSR count). The van der Waals surface area contributed by atoms with Crippen LogP contribution in [0.5, 0.6) is 0 Å². The molecule has 1 amide bonds. The topological polar surface area (TPSA) is 45.7 Å². The Labute approximate surface area is 182 Å². The predicted molar refractivity (Wildman–Crippen MR) is 124 cm³/mol. The minimum absolute atomic E-state index is 0.100. The van der Waals surface area contributed by atoms with Gasteiger partial charge in [0.2, 0.25) is 5.91 Å². The van der Waals surface area contributed by atoms with Crippen LogP contribution in [-0.2, 0) is 16.0 Å². The van der Waals surface area contributed by atoms with Crippen LogP contribution in [0.15, 0.2) is 36.4 Å². The summed E-state index contributed by atoms with van der Waals surface area (Å²) < 4.78 is 6.63. The van der Waals surface area contributed by atoms with Gasteiger partial charge in [-0.3, -0.25) is 14.6 Å². The fourth-order valence-electron chi connectivity index (χ4n) is 3.85. The van der Waals surface area contributed by atoms with Gasteiger partial charge in [-0.1, -0.05) is 53.3 Å². The summed E-state index contributed by atoms with van der Waals surface area (Å²) in [6, 6.07) is 12.4. The van der Waals surface area contributed by atoms with Crippen LogP contribution < -0.4 is 4.90 Å². The molecule has 1 aliphatic heterocycles. The summed E-state index contributed by atoms with van der Waals surface area (Å²) in [6.07, 6.45) is 0.388. The van der Waals surface area contributed by atoms with Crippen molar-refractivity contribution < 1.29 is 9.53 Å². The number of carbonyl (C=O) groups excluding carboxylic acids is 1. The van der Waals surface area contributed by atoms with Gasteiger partial charge < -0.3 is 4.74 Å². The number of morpholine rings is 1. The highest BCUT2D eigenvalue weighted by Crippen LogP contribution is 2.33. The van der Waals surface area contributed by atoms with E-state index in [1.165, 1.54) is 15.8 Å². The minimum atomic E-state index is 0.100. The molecule has 2 aromatic carbocycles. The summed E-state index contributed by atoms with van der Waals surface area (Å²) in [6.45, 7) is 11.1. The predicted octanol–water partition coefficient (Wildman–Crippen LogP) is 4.13. The normalized spacial score (nSPS) is 14.9. The molecular formula is C24H29N3O2S. The second-order valence-corrected chi connectivity index (χ2v) is 9.02. The number of hydrogen-bond donors (Lipinski definition) is 0. The number of nitrogens with zero attached hydrogens (tertiary/aromatic N) is 3. The number of thiazole rings is 1. The van der Waals surface area contributed by atoms with E-state index in [1.807, 2.05) is 17.0 Å². The Bertz CT molecular complexity index is 1000. The second-order valence-electron chi connectivity index (χ2n) is 8.04. The highest BCUT2D eigenvalue weighted by Gasteiger charge is 2.22. The monoisotopic (exact) mass is 423 g/mol. The molecule has 0 N–H and O–H groups in total. The minimum Gasteiger partial charge on any atom is -0.379 e. The molecular weight excluding hydrogens is 394 g/mol. The molecule has 0 spiro atoms. The smallest absolute Gasteiger partial charge is 0.233 e. The Morgan fingerprint density at radius 1 is 1.13 bits per heavy atom. The number of amides is 1. The van der Waals surface area contributed by atoms with Crippen molar-refractivity contribution in [3.63, 3.8) is 0 Å². The van der Waals surface area contributed by atoms with Gasteiger partial charge >= 0.3 is 0 Å². The molecule has 2 heterocycles. The van der Waals surface area contributed by atoms with Gasteiger partial charge in [-0.15, -0.1) is 0 Å². The third kappa shape index (κ3) is 4.72. The van der Waals surface area contributed by atoms with Gasteiger partial charge in [0.25, 0.3) is 0 Å². The zero-order chi connectivity index (χ0) is 21.1. The molecule has 1 aromatic heterocycles. The van der Waals surface area contributed by atoms with E-state index in [0.29, 0.717) is 13.0 Å². The number of benzene rings is 2. The van der Waals surface area contributed by atoms with Crippen LogP contribution in [-0.4, -0.2) is 55.2 Å². The molecule has 3 aromatic rings. The summed E-state index contributed by atoms with van der Waals surface area (Å²) in [4.78, 5) is 22.5. The fraction of sp³-hybridized carbons (Fsp3) is 0.417. The van der Waals surface area contributed by atoms with E-state index in [1.54, 1.807) is 11.3 Å². The van der Waals surface area contributed by atoms with E-state index in [0.717, 1.165) is 54.6 Å². The highest BCUT2D eigenvalue weighted by molar-refractivity contribution is 7.22. The van der Waals surface area contributed by atoms with Crippen LogP contribution in [0.4, 0.5) is 5.13 Å². The molecule has 0 radical (unpaired) electrons. The van der Waals surface area contributed by atoms with E-state index in [4.69, 9.17) is 9.72 Å². The number of hydrogen-bond acceptors (Lipinski definition) is 5. The van der Waals surface area contributed by atoms with Gasteiger partial charge in [-0.2, -0.15) is 0 Å². The Morgan fingerprint density at radius 2 is 1.90 bits per heavy atom. The summed E-state index contributed by atoms with van der Waals surface area (Å²) >= 11 is 1.63. The van der Waals surface area contributed by atoms with Crippen molar-refractivity contribution in [1.29, 1.82) is 0 Å². The zero-order valence-corrected chi connectivity index (χ0v) is 18.8. The maximum absolute atomic E-state index is 13.4. The Morgan fingerprint density at radius 3 is 2.63 bits per heavy atom. The molecule has 0 aliphatic carbocycles.